The summed E-state index contributed by atoms with van der Waals surface area (Å²) in [4.78, 5) is 24.2. The minimum atomic E-state index is -0.769. The van der Waals surface area contributed by atoms with E-state index in [1.165, 1.54) is 0 Å². The summed E-state index contributed by atoms with van der Waals surface area (Å²) in [6.07, 6.45) is -0.463. The molecular weight excluding hydrogens is 360 g/mol. The third-order valence-corrected chi connectivity index (χ3v) is 3.94. The van der Waals surface area contributed by atoms with Crippen LogP contribution in [0.3, 0.4) is 0 Å². The average Bonchev–Trinajstić information content (AvgIpc) is 2.70. The molecule has 3 N–H and O–H groups in total. The fourth-order valence-corrected chi connectivity index (χ4v) is 2.50. The van der Waals surface area contributed by atoms with Crippen molar-refractivity contribution >= 4 is 17.5 Å². The molecule has 2 rings (SSSR count). The van der Waals surface area contributed by atoms with Crippen molar-refractivity contribution in [3.8, 4) is 5.75 Å². The second-order valence-corrected chi connectivity index (χ2v) is 6.12. The van der Waals surface area contributed by atoms with E-state index in [4.69, 9.17) is 14.6 Å². The normalized spacial score (nSPS) is 11.5. The zero-order valence-electron chi connectivity index (χ0n) is 16.1. The molecule has 0 aliphatic rings. The van der Waals surface area contributed by atoms with Crippen molar-refractivity contribution in [3.05, 3.63) is 59.7 Å². The number of rotatable bonds is 9. The second-order valence-electron chi connectivity index (χ2n) is 6.12. The zero-order chi connectivity index (χ0) is 20.4. The van der Waals surface area contributed by atoms with Crippen LogP contribution < -0.4 is 15.4 Å². The number of carbonyl (C=O) groups is 2. The molecule has 0 fully saturated rings. The molecule has 2 aromatic carbocycles. The molecule has 0 aromatic heterocycles. The van der Waals surface area contributed by atoms with Crippen LogP contribution >= 0.6 is 0 Å². The van der Waals surface area contributed by atoms with Crippen molar-refractivity contribution in [1.82, 2.24) is 5.32 Å². The molecule has 0 saturated heterocycles. The van der Waals surface area contributed by atoms with E-state index in [0.717, 1.165) is 11.1 Å². The number of amides is 2. The van der Waals surface area contributed by atoms with Gasteiger partial charge in [-0.2, -0.15) is 0 Å². The van der Waals surface area contributed by atoms with Gasteiger partial charge in [-0.1, -0.05) is 29.8 Å². The summed E-state index contributed by atoms with van der Waals surface area (Å²) in [7, 11) is 0. The Morgan fingerprint density at radius 2 is 1.71 bits per heavy atom. The summed E-state index contributed by atoms with van der Waals surface area (Å²) in [5, 5.41) is 14.1. The smallest absolute Gasteiger partial charge is 0.313 e. The van der Waals surface area contributed by atoms with Crippen LogP contribution in [0.4, 0.5) is 5.69 Å². The van der Waals surface area contributed by atoms with Crippen LogP contribution in [0.2, 0.25) is 0 Å². The van der Waals surface area contributed by atoms with E-state index in [1.807, 2.05) is 38.1 Å². The van der Waals surface area contributed by atoms with E-state index in [0.29, 0.717) is 18.0 Å². The van der Waals surface area contributed by atoms with Gasteiger partial charge in [0.05, 0.1) is 25.9 Å². The van der Waals surface area contributed by atoms with Crippen molar-refractivity contribution in [3.63, 3.8) is 0 Å². The lowest BCUT2D eigenvalue weighted by molar-refractivity contribution is -0.136. The summed E-state index contributed by atoms with van der Waals surface area (Å²) in [5.41, 5.74) is 2.45. The molecule has 150 valence electrons. The van der Waals surface area contributed by atoms with Crippen molar-refractivity contribution in [1.29, 1.82) is 0 Å². The van der Waals surface area contributed by atoms with Crippen LogP contribution in [0.15, 0.2) is 48.5 Å². The maximum Gasteiger partial charge on any atom is 0.313 e. The minimum Gasteiger partial charge on any atom is -0.494 e. The first-order chi connectivity index (χ1) is 13.5. The van der Waals surface area contributed by atoms with E-state index < -0.39 is 17.9 Å². The molecule has 0 bridgehead atoms. The van der Waals surface area contributed by atoms with E-state index >= 15 is 0 Å². The number of nitrogens with one attached hydrogen (secondary N) is 2. The first-order valence-corrected chi connectivity index (χ1v) is 9.14. The molecule has 7 nitrogen and oxygen atoms in total. The van der Waals surface area contributed by atoms with Crippen LogP contribution in [-0.4, -0.2) is 43.3 Å². The monoisotopic (exact) mass is 386 g/mol. The number of carbonyl (C=O) groups excluding carboxylic acids is 2. The summed E-state index contributed by atoms with van der Waals surface area (Å²) in [6, 6.07) is 14.4. The third kappa shape index (κ3) is 6.68. The highest BCUT2D eigenvalue weighted by Crippen LogP contribution is 2.18. The van der Waals surface area contributed by atoms with Gasteiger partial charge < -0.3 is 25.2 Å². The first kappa shape index (κ1) is 21.4. The van der Waals surface area contributed by atoms with Crippen LogP contribution in [0, 0.1) is 6.92 Å². The maximum atomic E-state index is 12.1. The Hall–Kier alpha value is -2.90. The van der Waals surface area contributed by atoms with Gasteiger partial charge in [0.15, 0.2) is 0 Å². The minimum absolute atomic E-state index is 0.110. The predicted octanol–water partition coefficient (Wildman–Crippen LogP) is 2.20. The topological polar surface area (TPSA) is 96.9 Å². The van der Waals surface area contributed by atoms with Gasteiger partial charge >= 0.3 is 11.8 Å². The van der Waals surface area contributed by atoms with E-state index in [1.54, 1.807) is 24.3 Å². The van der Waals surface area contributed by atoms with Crippen molar-refractivity contribution < 1.29 is 24.2 Å². The van der Waals surface area contributed by atoms with Crippen molar-refractivity contribution in [2.45, 2.75) is 20.0 Å². The SMILES string of the molecule is CCOc1ccc(NC(=O)C(=O)NCC(OCCO)c2ccc(C)cc2)cc1. The van der Waals surface area contributed by atoms with E-state index in [2.05, 4.69) is 10.6 Å². The van der Waals surface area contributed by atoms with Gasteiger partial charge in [-0.05, 0) is 43.7 Å². The number of hydrogen-bond donors (Lipinski definition) is 3. The number of hydrogen-bond acceptors (Lipinski definition) is 5. The highest BCUT2D eigenvalue weighted by atomic mass is 16.5. The zero-order valence-corrected chi connectivity index (χ0v) is 16.1. The Morgan fingerprint density at radius 3 is 2.32 bits per heavy atom. The van der Waals surface area contributed by atoms with Gasteiger partial charge in [0.25, 0.3) is 0 Å². The lowest BCUT2D eigenvalue weighted by Crippen LogP contribution is -2.38. The Balaban J connectivity index is 1.91. The number of aliphatic hydroxyl groups is 1. The molecule has 1 atom stereocenters. The number of ether oxygens (including phenoxy) is 2. The van der Waals surface area contributed by atoms with Gasteiger partial charge in [-0.25, -0.2) is 0 Å². The summed E-state index contributed by atoms with van der Waals surface area (Å²) < 4.78 is 10.9. The van der Waals surface area contributed by atoms with Crippen molar-refractivity contribution in [2.75, 3.05) is 31.7 Å². The molecule has 0 spiro atoms. The van der Waals surface area contributed by atoms with Gasteiger partial charge in [0.2, 0.25) is 0 Å². The molecule has 0 saturated carbocycles. The van der Waals surface area contributed by atoms with Crippen LogP contribution in [-0.2, 0) is 14.3 Å². The number of aryl methyl sites for hydroxylation is 1. The quantitative estimate of drug-likeness (QED) is 0.574. The molecule has 2 aromatic rings. The summed E-state index contributed by atoms with van der Waals surface area (Å²) >= 11 is 0. The first-order valence-electron chi connectivity index (χ1n) is 9.14. The molecule has 28 heavy (non-hydrogen) atoms. The summed E-state index contributed by atoms with van der Waals surface area (Å²) in [6.45, 7) is 4.52. The average molecular weight is 386 g/mol. The predicted molar refractivity (Wildman–Crippen MR) is 106 cm³/mol. The van der Waals surface area contributed by atoms with Crippen LogP contribution in [0.1, 0.15) is 24.2 Å². The van der Waals surface area contributed by atoms with Crippen LogP contribution in [0.5, 0.6) is 5.75 Å². The maximum absolute atomic E-state index is 12.1. The largest absolute Gasteiger partial charge is 0.494 e. The van der Waals surface area contributed by atoms with Gasteiger partial charge in [0, 0.05) is 12.2 Å². The Kier molecular flexibility index (Phi) is 8.45. The van der Waals surface area contributed by atoms with Crippen LogP contribution in [0.25, 0.3) is 0 Å². The number of aliphatic hydroxyl groups excluding tert-OH is 1. The molecule has 0 radical (unpaired) electrons. The molecule has 2 amide bonds. The fourth-order valence-electron chi connectivity index (χ4n) is 2.50. The highest BCUT2D eigenvalue weighted by Gasteiger charge is 2.18. The third-order valence-electron chi connectivity index (χ3n) is 3.94. The lowest BCUT2D eigenvalue weighted by atomic mass is 10.1. The molecule has 0 heterocycles. The van der Waals surface area contributed by atoms with Gasteiger partial charge in [0.1, 0.15) is 5.75 Å². The van der Waals surface area contributed by atoms with Crippen molar-refractivity contribution in [2.24, 2.45) is 0 Å². The molecular formula is C21H26N2O5. The second kappa shape index (κ2) is 11.1. The molecule has 7 heteroatoms. The number of benzene rings is 2. The molecule has 0 aliphatic heterocycles. The molecule has 0 aliphatic carbocycles. The fraction of sp³-hybridized carbons (Fsp3) is 0.333. The Labute approximate surface area is 164 Å². The van der Waals surface area contributed by atoms with E-state index in [-0.39, 0.29) is 19.8 Å². The van der Waals surface area contributed by atoms with Gasteiger partial charge in [-0.15, -0.1) is 0 Å². The van der Waals surface area contributed by atoms with E-state index in [9.17, 15) is 9.59 Å². The Morgan fingerprint density at radius 1 is 1.04 bits per heavy atom. The molecule has 1 unspecified atom stereocenters. The standard InChI is InChI=1S/C21H26N2O5/c1-3-27-18-10-8-17(9-11-18)23-21(26)20(25)22-14-19(28-13-12-24)16-6-4-15(2)5-7-16/h4-11,19,24H,3,12-14H2,1-2H3,(H,22,25)(H,23,26). The highest BCUT2D eigenvalue weighted by molar-refractivity contribution is 6.39. The Bertz CT molecular complexity index is 759. The van der Waals surface area contributed by atoms with Gasteiger partial charge in [-0.3, -0.25) is 9.59 Å². The lowest BCUT2D eigenvalue weighted by Gasteiger charge is -2.18. The summed E-state index contributed by atoms with van der Waals surface area (Å²) in [5.74, 6) is -0.848. The number of anilines is 1.